The Labute approximate surface area is 257 Å². The molecule has 0 saturated heterocycles. The number of carboxylic acid groups (broad SMARTS) is 1. The molecule has 0 unspecified atom stereocenters. The van der Waals surface area contributed by atoms with Gasteiger partial charge in [-0.15, -0.1) is 0 Å². The van der Waals surface area contributed by atoms with Gasteiger partial charge in [-0.2, -0.15) is 0 Å². The smallest absolute Gasteiger partial charge is 0.307 e. The highest BCUT2D eigenvalue weighted by atomic mass is 16.4. The molecule has 230 valence electrons. The molecule has 0 bridgehead atoms. The standard InChI is InChI=1S/C37H48N2O4/c1-7-15-32(36(42)43)31(23-14-20-28-19-11-12-22-30(28)29-21-13-16-25(2)24-29)34(40)39-33(37(4,5)6)35(41)38-26(3)27-17-9-8-10-18-27/h8-13,16-19,21-22,24,26,31-33H,7,14-15,20,23H2,1-6H3,(H,38,41)(H,39,40)(H,42,43)/t26-,31-,32+,33-/m1/s1. The van der Waals surface area contributed by atoms with Crippen molar-refractivity contribution < 1.29 is 19.5 Å². The maximum Gasteiger partial charge on any atom is 0.307 e. The summed E-state index contributed by atoms with van der Waals surface area (Å²) in [4.78, 5) is 39.8. The largest absolute Gasteiger partial charge is 0.481 e. The molecule has 2 amide bonds. The number of amides is 2. The molecule has 0 heterocycles. The first-order chi connectivity index (χ1) is 20.4. The fourth-order valence-corrected chi connectivity index (χ4v) is 5.71. The van der Waals surface area contributed by atoms with Crippen molar-refractivity contribution in [1.29, 1.82) is 0 Å². The molecule has 0 aliphatic carbocycles. The predicted molar refractivity (Wildman–Crippen MR) is 173 cm³/mol. The zero-order valence-corrected chi connectivity index (χ0v) is 26.5. The van der Waals surface area contributed by atoms with Crippen LogP contribution in [-0.4, -0.2) is 28.9 Å². The van der Waals surface area contributed by atoms with Gasteiger partial charge >= 0.3 is 5.97 Å². The van der Waals surface area contributed by atoms with E-state index in [4.69, 9.17) is 0 Å². The third-order valence-electron chi connectivity index (χ3n) is 8.12. The Hall–Kier alpha value is -3.93. The summed E-state index contributed by atoms with van der Waals surface area (Å²) in [6.07, 6.45) is 2.80. The molecule has 0 fully saturated rings. The van der Waals surface area contributed by atoms with Crippen LogP contribution in [0.25, 0.3) is 11.1 Å². The number of aliphatic carboxylic acids is 1. The highest BCUT2D eigenvalue weighted by Gasteiger charge is 2.38. The molecule has 3 N–H and O–H groups in total. The third kappa shape index (κ3) is 9.54. The number of carbonyl (C=O) groups is 3. The summed E-state index contributed by atoms with van der Waals surface area (Å²) in [5, 5.41) is 16.2. The molecule has 3 aromatic carbocycles. The van der Waals surface area contributed by atoms with Crippen LogP contribution in [0.15, 0.2) is 78.9 Å². The number of hydrogen-bond donors (Lipinski definition) is 3. The number of benzene rings is 3. The topological polar surface area (TPSA) is 95.5 Å². The van der Waals surface area contributed by atoms with Crippen molar-refractivity contribution in [3.63, 3.8) is 0 Å². The Balaban J connectivity index is 1.80. The molecule has 0 aromatic heterocycles. The van der Waals surface area contributed by atoms with Gasteiger partial charge in [0, 0.05) is 0 Å². The fraction of sp³-hybridized carbons (Fsp3) is 0.432. The third-order valence-corrected chi connectivity index (χ3v) is 8.12. The van der Waals surface area contributed by atoms with E-state index in [1.165, 1.54) is 5.56 Å². The van der Waals surface area contributed by atoms with Gasteiger partial charge in [0.05, 0.1) is 17.9 Å². The van der Waals surface area contributed by atoms with Gasteiger partial charge in [0.1, 0.15) is 6.04 Å². The van der Waals surface area contributed by atoms with Crippen LogP contribution in [0.3, 0.4) is 0 Å². The molecule has 3 rings (SSSR count). The summed E-state index contributed by atoms with van der Waals surface area (Å²) in [6, 6.07) is 25.2. The summed E-state index contributed by atoms with van der Waals surface area (Å²) >= 11 is 0. The molecule has 3 aromatic rings. The molecule has 4 atom stereocenters. The minimum Gasteiger partial charge on any atom is -0.481 e. The van der Waals surface area contributed by atoms with Gasteiger partial charge in [0.2, 0.25) is 11.8 Å². The van der Waals surface area contributed by atoms with Crippen LogP contribution < -0.4 is 10.6 Å². The van der Waals surface area contributed by atoms with E-state index in [0.29, 0.717) is 32.1 Å². The van der Waals surface area contributed by atoms with E-state index in [9.17, 15) is 19.5 Å². The van der Waals surface area contributed by atoms with Crippen molar-refractivity contribution >= 4 is 17.8 Å². The van der Waals surface area contributed by atoms with Crippen LogP contribution in [0, 0.1) is 24.2 Å². The SMILES string of the molecule is CCC[C@H](C(=O)O)[C@@H](CCCc1ccccc1-c1cccc(C)c1)C(=O)N[C@H](C(=O)N[C@H](C)c1ccccc1)C(C)(C)C. The maximum atomic E-state index is 13.9. The van der Waals surface area contributed by atoms with Crippen molar-refractivity contribution in [3.05, 3.63) is 95.6 Å². The minimum absolute atomic E-state index is 0.244. The van der Waals surface area contributed by atoms with Crippen LogP contribution in [0.5, 0.6) is 0 Å². The summed E-state index contributed by atoms with van der Waals surface area (Å²) in [5.74, 6) is -3.23. The Morgan fingerprint density at radius 1 is 0.814 bits per heavy atom. The van der Waals surface area contributed by atoms with Crippen LogP contribution in [0.1, 0.15) is 83.0 Å². The van der Waals surface area contributed by atoms with Gasteiger partial charge in [0.15, 0.2) is 0 Å². The summed E-state index contributed by atoms with van der Waals surface area (Å²) in [6.45, 7) is 11.6. The van der Waals surface area contributed by atoms with E-state index in [1.807, 2.05) is 83.1 Å². The molecule has 0 aliphatic rings. The molecule has 0 spiro atoms. The lowest BCUT2D eigenvalue weighted by Crippen LogP contribution is -2.56. The van der Waals surface area contributed by atoms with E-state index in [0.717, 1.165) is 22.3 Å². The normalized spacial score (nSPS) is 14.3. The number of hydrogen-bond acceptors (Lipinski definition) is 3. The first-order valence-corrected chi connectivity index (χ1v) is 15.5. The molecule has 0 saturated carbocycles. The zero-order chi connectivity index (χ0) is 31.6. The van der Waals surface area contributed by atoms with Gasteiger partial charge in [-0.05, 0) is 67.2 Å². The van der Waals surface area contributed by atoms with E-state index >= 15 is 0 Å². The Bertz CT molecular complexity index is 1360. The summed E-state index contributed by atoms with van der Waals surface area (Å²) < 4.78 is 0. The second kappa shape index (κ2) is 15.5. The van der Waals surface area contributed by atoms with Gasteiger partial charge in [-0.3, -0.25) is 14.4 Å². The van der Waals surface area contributed by atoms with Crippen LogP contribution >= 0.6 is 0 Å². The van der Waals surface area contributed by atoms with Gasteiger partial charge in [-0.1, -0.05) is 119 Å². The second-order valence-corrected chi connectivity index (χ2v) is 12.7. The highest BCUT2D eigenvalue weighted by Crippen LogP contribution is 2.30. The molecule has 6 heteroatoms. The molecule has 43 heavy (non-hydrogen) atoms. The predicted octanol–water partition coefficient (Wildman–Crippen LogP) is 7.51. The van der Waals surface area contributed by atoms with Crippen molar-refractivity contribution in [1.82, 2.24) is 10.6 Å². The first kappa shape index (κ1) is 33.6. The average Bonchev–Trinajstić information content (AvgIpc) is 2.97. The number of carbonyl (C=O) groups excluding carboxylic acids is 2. The molecular formula is C37H48N2O4. The minimum atomic E-state index is -0.975. The molecule has 0 aliphatic heterocycles. The second-order valence-electron chi connectivity index (χ2n) is 12.7. The zero-order valence-electron chi connectivity index (χ0n) is 26.5. The highest BCUT2D eigenvalue weighted by molar-refractivity contribution is 5.91. The average molecular weight is 585 g/mol. The number of nitrogens with one attached hydrogen (secondary N) is 2. The fourth-order valence-electron chi connectivity index (χ4n) is 5.71. The van der Waals surface area contributed by atoms with Crippen LogP contribution in [0.4, 0.5) is 0 Å². The van der Waals surface area contributed by atoms with Crippen molar-refractivity contribution in [2.75, 3.05) is 0 Å². The van der Waals surface area contributed by atoms with E-state index in [-0.39, 0.29) is 17.9 Å². The van der Waals surface area contributed by atoms with Crippen LogP contribution in [0.2, 0.25) is 0 Å². The van der Waals surface area contributed by atoms with Gasteiger partial charge < -0.3 is 15.7 Å². The number of carboxylic acids is 1. The Morgan fingerprint density at radius 3 is 2.12 bits per heavy atom. The summed E-state index contributed by atoms with van der Waals surface area (Å²) in [5.41, 5.74) is 5.01. The van der Waals surface area contributed by atoms with Crippen molar-refractivity contribution in [2.24, 2.45) is 17.3 Å². The lowest BCUT2D eigenvalue weighted by Gasteiger charge is -2.33. The van der Waals surface area contributed by atoms with Crippen molar-refractivity contribution in [2.45, 2.75) is 85.7 Å². The number of rotatable bonds is 14. The van der Waals surface area contributed by atoms with Gasteiger partial charge in [-0.25, -0.2) is 0 Å². The number of aryl methyl sites for hydroxylation is 2. The maximum absolute atomic E-state index is 13.9. The lowest BCUT2D eigenvalue weighted by atomic mass is 9.81. The Kier molecular flexibility index (Phi) is 12.1. The van der Waals surface area contributed by atoms with E-state index < -0.39 is 29.3 Å². The molecule has 6 nitrogen and oxygen atoms in total. The quantitative estimate of drug-likeness (QED) is 0.183. The van der Waals surface area contributed by atoms with E-state index in [1.54, 1.807) is 0 Å². The van der Waals surface area contributed by atoms with Crippen LogP contribution in [-0.2, 0) is 20.8 Å². The van der Waals surface area contributed by atoms with Gasteiger partial charge in [0.25, 0.3) is 0 Å². The first-order valence-electron chi connectivity index (χ1n) is 15.5. The van der Waals surface area contributed by atoms with Crippen molar-refractivity contribution in [3.8, 4) is 11.1 Å². The summed E-state index contributed by atoms with van der Waals surface area (Å²) in [7, 11) is 0. The molecule has 0 radical (unpaired) electrons. The molecular weight excluding hydrogens is 536 g/mol. The Morgan fingerprint density at radius 2 is 1.49 bits per heavy atom. The van der Waals surface area contributed by atoms with E-state index in [2.05, 4.69) is 47.9 Å². The lowest BCUT2D eigenvalue weighted by molar-refractivity contribution is -0.148. The monoisotopic (exact) mass is 584 g/mol.